The van der Waals surface area contributed by atoms with E-state index in [-0.39, 0.29) is 29.0 Å². The number of rotatable bonds is 33. The minimum absolute atomic E-state index is 0.0687. The standard InChI is InChI=1S/C65H68N4O10/c1-6-11-30-54(7-2)68(55-31-19-16-20-32-55)66-50-53-47-60(78-64(72)38-29-37-58(8-3)74-43-25-12-14-27-45-76-62(70)9-4)52(49-67-69(56-33-21-17-22-34-56)57-35-23-18-24-36-57)48-61(53)79-65(73)51-39-41-59(42-40-51)75-44-26-13-15-28-46-77-63(71)10-5/h2,6,8-11,16-24,29-37,39-42,47-50H,4-5,12-15,25-28,38,43-46H2,1,3H3/b11-6-,37-29-,54-30+,58-8+,66-50+,67-49+. The smallest absolute Gasteiger partial charge is 0.343 e. The molecule has 0 radical (unpaired) electrons. The molecule has 0 saturated carbocycles. The van der Waals surface area contributed by atoms with E-state index < -0.39 is 23.9 Å². The number of ether oxygens (including phenoxy) is 6. The topological polar surface area (TPSA) is 155 Å². The second-order valence-corrected chi connectivity index (χ2v) is 17.2. The Kier molecular flexibility index (Phi) is 26.7. The van der Waals surface area contributed by atoms with Crippen LogP contribution in [0.15, 0.2) is 211 Å². The van der Waals surface area contributed by atoms with E-state index in [9.17, 15) is 19.2 Å². The van der Waals surface area contributed by atoms with Crippen molar-refractivity contribution in [1.29, 1.82) is 0 Å². The average Bonchev–Trinajstić information content (AvgIpc) is 3.50. The third kappa shape index (κ3) is 21.6. The highest BCUT2D eigenvalue weighted by Gasteiger charge is 2.19. The zero-order valence-electron chi connectivity index (χ0n) is 45.0. The molecule has 0 aromatic heterocycles. The minimum Gasteiger partial charge on any atom is -0.494 e. The van der Waals surface area contributed by atoms with Gasteiger partial charge >= 0.3 is 23.9 Å². The fourth-order valence-corrected chi connectivity index (χ4v) is 7.30. The average molecular weight is 1070 g/mol. The predicted molar refractivity (Wildman–Crippen MR) is 313 cm³/mol. The van der Waals surface area contributed by atoms with E-state index in [0.29, 0.717) is 54.9 Å². The van der Waals surface area contributed by atoms with Crippen LogP contribution in [-0.2, 0) is 28.6 Å². The van der Waals surface area contributed by atoms with Gasteiger partial charge in [0, 0.05) is 23.3 Å². The highest BCUT2D eigenvalue weighted by molar-refractivity contribution is 5.96. The van der Waals surface area contributed by atoms with Crippen molar-refractivity contribution >= 4 is 53.4 Å². The summed E-state index contributed by atoms with van der Waals surface area (Å²) in [4.78, 5) is 50.6. The highest BCUT2D eigenvalue weighted by Crippen LogP contribution is 2.32. The van der Waals surface area contributed by atoms with Gasteiger partial charge in [0.25, 0.3) is 0 Å². The molecule has 5 aromatic carbocycles. The van der Waals surface area contributed by atoms with Crippen LogP contribution in [0.5, 0.6) is 17.2 Å². The van der Waals surface area contributed by atoms with Crippen LogP contribution in [0.25, 0.3) is 0 Å². The van der Waals surface area contributed by atoms with Gasteiger partial charge in [-0.1, -0.05) is 91.9 Å². The number of esters is 4. The Morgan fingerprint density at radius 2 is 1.11 bits per heavy atom. The van der Waals surface area contributed by atoms with Crippen LogP contribution in [0, 0.1) is 12.3 Å². The van der Waals surface area contributed by atoms with Crippen molar-refractivity contribution in [3.63, 3.8) is 0 Å². The molecule has 5 aromatic rings. The molecule has 0 aliphatic carbocycles. The van der Waals surface area contributed by atoms with Gasteiger partial charge in [-0.3, -0.25) is 4.79 Å². The molecule has 0 N–H and O–H groups in total. The third-order valence-electron chi connectivity index (χ3n) is 11.4. The molecule has 0 amide bonds. The maximum absolute atomic E-state index is 14.2. The first-order valence-corrected chi connectivity index (χ1v) is 26.2. The molecule has 5 rings (SSSR count). The number of anilines is 3. The quantitative estimate of drug-likeness (QED) is 0.00452. The van der Waals surface area contributed by atoms with Gasteiger partial charge in [-0.25, -0.2) is 24.4 Å². The van der Waals surface area contributed by atoms with Crippen LogP contribution in [0.3, 0.4) is 0 Å². The normalized spacial score (nSPS) is 11.6. The molecular weight excluding hydrogens is 997 g/mol. The largest absolute Gasteiger partial charge is 0.494 e. The summed E-state index contributed by atoms with van der Waals surface area (Å²) in [5.41, 5.74) is 3.36. The molecule has 0 aliphatic rings. The molecule has 14 nitrogen and oxygen atoms in total. The molecule has 0 atom stereocenters. The van der Waals surface area contributed by atoms with Crippen LogP contribution < -0.4 is 24.2 Å². The van der Waals surface area contributed by atoms with Gasteiger partial charge in [0.15, 0.2) is 0 Å². The van der Waals surface area contributed by atoms with Crippen LogP contribution in [0.4, 0.5) is 17.1 Å². The summed E-state index contributed by atoms with van der Waals surface area (Å²) >= 11 is 0. The number of terminal acetylenes is 1. The van der Waals surface area contributed by atoms with Crippen LogP contribution in [-0.4, -0.2) is 62.7 Å². The zero-order chi connectivity index (χ0) is 56.3. The molecule has 0 aliphatic heterocycles. The first-order valence-electron chi connectivity index (χ1n) is 26.2. The van der Waals surface area contributed by atoms with Gasteiger partial charge in [0.1, 0.15) is 28.7 Å². The molecule has 0 heterocycles. The highest BCUT2D eigenvalue weighted by atomic mass is 16.5. The number of allylic oxidation sites excluding steroid dienone is 6. The second kappa shape index (κ2) is 35.0. The van der Waals surface area contributed by atoms with E-state index in [1.165, 1.54) is 12.4 Å². The Morgan fingerprint density at radius 3 is 1.63 bits per heavy atom. The first kappa shape index (κ1) is 60.4. The lowest BCUT2D eigenvalue weighted by Gasteiger charge is -2.20. The van der Waals surface area contributed by atoms with E-state index in [4.69, 9.17) is 45.0 Å². The zero-order valence-corrected chi connectivity index (χ0v) is 45.0. The molecule has 0 unspecified atom stereocenters. The van der Waals surface area contributed by atoms with Gasteiger partial charge in [0.2, 0.25) is 0 Å². The van der Waals surface area contributed by atoms with E-state index in [0.717, 1.165) is 74.9 Å². The van der Waals surface area contributed by atoms with Crippen molar-refractivity contribution in [1.82, 2.24) is 0 Å². The molecule has 0 fully saturated rings. The number of nitrogens with zero attached hydrogens (tertiary/aromatic N) is 4. The van der Waals surface area contributed by atoms with E-state index in [1.807, 2.05) is 117 Å². The van der Waals surface area contributed by atoms with Crippen LogP contribution in [0.2, 0.25) is 0 Å². The maximum Gasteiger partial charge on any atom is 0.343 e. The fourth-order valence-electron chi connectivity index (χ4n) is 7.30. The fraction of sp³-hybridized carbons (Fsp3) is 0.231. The maximum atomic E-state index is 14.2. The molecule has 0 saturated heterocycles. The van der Waals surface area contributed by atoms with Gasteiger partial charge in [0.05, 0.1) is 67.9 Å². The monoisotopic (exact) mass is 1060 g/mol. The third-order valence-corrected chi connectivity index (χ3v) is 11.4. The number of hydrogen-bond acceptors (Lipinski definition) is 14. The lowest BCUT2D eigenvalue weighted by molar-refractivity contribution is -0.138. The SMILES string of the molecule is C#C/C(=C\C=C/C)N(/N=C/c1cc(OC(=O)C/C=C\C(=C/C)OCCCCCCOC(=O)C=C)c(/C=N/N(c2ccccc2)c2ccccc2)cc1OC(=O)c1ccc(OCCCCCCOC(=O)C=C)cc1)c1ccccc1. The number of benzene rings is 5. The van der Waals surface area contributed by atoms with Crippen molar-refractivity contribution in [2.75, 3.05) is 36.4 Å². The predicted octanol–water partition coefficient (Wildman–Crippen LogP) is 13.7. The van der Waals surface area contributed by atoms with Crippen LogP contribution in [0.1, 0.15) is 93.1 Å². The molecular formula is C65H68N4O10. The van der Waals surface area contributed by atoms with E-state index in [2.05, 4.69) is 19.1 Å². The Bertz CT molecular complexity index is 2940. The summed E-state index contributed by atoms with van der Waals surface area (Å²) in [7, 11) is 0. The number of para-hydroxylation sites is 3. The molecule has 14 heteroatoms. The minimum atomic E-state index is -0.683. The molecule has 0 bridgehead atoms. The van der Waals surface area contributed by atoms with Gasteiger partial charge in [-0.15, -0.1) is 6.42 Å². The van der Waals surface area contributed by atoms with Crippen molar-refractivity contribution in [2.45, 2.75) is 71.6 Å². The molecule has 0 spiro atoms. The number of hydrazone groups is 2. The Balaban J connectivity index is 1.47. The molecule has 79 heavy (non-hydrogen) atoms. The lowest BCUT2D eigenvalue weighted by atomic mass is 10.1. The molecule has 408 valence electrons. The van der Waals surface area contributed by atoms with Gasteiger partial charge in [-0.05, 0) is 156 Å². The van der Waals surface area contributed by atoms with Crippen molar-refractivity contribution in [3.8, 4) is 29.6 Å². The van der Waals surface area contributed by atoms with E-state index in [1.54, 1.807) is 70.7 Å². The summed E-state index contributed by atoms with van der Waals surface area (Å²) in [6, 6.07) is 38.1. The number of unbranched alkanes of at least 4 members (excludes halogenated alkanes) is 6. The Hall–Kier alpha value is -9.48. The summed E-state index contributed by atoms with van der Waals surface area (Å²) in [6.07, 6.45) is 28.4. The van der Waals surface area contributed by atoms with E-state index >= 15 is 0 Å². The van der Waals surface area contributed by atoms with Gasteiger partial charge < -0.3 is 28.4 Å². The first-order chi connectivity index (χ1) is 38.7. The van der Waals surface area contributed by atoms with Crippen LogP contribution >= 0.6 is 0 Å². The van der Waals surface area contributed by atoms with Gasteiger partial charge in [-0.2, -0.15) is 10.2 Å². The van der Waals surface area contributed by atoms with Crippen molar-refractivity contribution in [2.24, 2.45) is 10.2 Å². The lowest BCUT2D eigenvalue weighted by Crippen LogP contribution is -2.16. The summed E-state index contributed by atoms with van der Waals surface area (Å²) in [6.45, 7) is 12.1. The number of carbonyl (C=O) groups excluding carboxylic acids is 4. The second-order valence-electron chi connectivity index (χ2n) is 17.2. The summed E-state index contributed by atoms with van der Waals surface area (Å²) in [5, 5.41) is 13.1. The Labute approximate surface area is 464 Å². The number of carbonyl (C=O) groups is 4. The summed E-state index contributed by atoms with van der Waals surface area (Å²) in [5.74, 6) is 1.89. The Morgan fingerprint density at radius 1 is 0.608 bits per heavy atom. The number of hydrogen-bond donors (Lipinski definition) is 0. The van der Waals surface area contributed by atoms with Crippen molar-refractivity contribution in [3.05, 3.63) is 217 Å². The van der Waals surface area contributed by atoms with Crippen molar-refractivity contribution < 1.29 is 47.6 Å². The summed E-state index contributed by atoms with van der Waals surface area (Å²) < 4.78 is 34.4.